The van der Waals surface area contributed by atoms with Crippen molar-refractivity contribution in [3.05, 3.63) is 115 Å². The molecular formula is C32H29N5O8. The Morgan fingerprint density at radius 2 is 1.62 bits per heavy atom. The molecule has 2 spiro atoms. The lowest BCUT2D eigenvalue weighted by atomic mass is 9.56. The number of nitrogens with one attached hydrogen (secondary N) is 1. The third-order valence-electron chi connectivity index (χ3n) is 9.14. The number of hydrogen-bond acceptors (Lipinski definition) is 9. The number of non-ortho nitro benzene ring substituents is 2. The van der Waals surface area contributed by atoms with Crippen molar-refractivity contribution < 1.29 is 29.0 Å². The third kappa shape index (κ3) is 4.38. The Morgan fingerprint density at radius 3 is 2.24 bits per heavy atom. The summed E-state index contributed by atoms with van der Waals surface area (Å²) in [4.78, 5) is 67.9. The van der Waals surface area contributed by atoms with Crippen molar-refractivity contribution in [1.82, 2.24) is 9.80 Å². The van der Waals surface area contributed by atoms with E-state index in [1.54, 1.807) is 56.4 Å². The first-order valence-corrected chi connectivity index (χ1v) is 14.3. The molecule has 2 fully saturated rings. The van der Waals surface area contributed by atoms with E-state index in [0.29, 0.717) is 22.4 Å². The van der Waals surface area contributed by atoms with Gasteiger partial charge in [-0.05, 0) is 49.4 Å². The molecule has 45 heavy (non-hydrogen) atoms. The molecule has 3 aliphatic rings. The summed E-state index contributed by atoms with van der Waals surface area (Å²) < 4.78 is 5.40. The number of likely N-dealkylation sites (N-methyl/N-ethyl adjacent to an activating group) is 1. The molecule has 6 rings (SSSR count). The van der Waals surface area contributed by atoms with E-state index in [9.17, 15) is 29.8 Å². The second-order valence-electron chi connectivity index (χ2n) is 11.4. The largest absolute Gasteiger partial charge is 0.450 e. The van der Waals surface area contributed by atoms with Gasteiger partial charge in [-0.25, -0.2) is 4.79 Å². The number of hydrogen-bond donors (Lipinski definition) is 1. The monoisotopic (exact) mass is 611 g/mol. The molecule has 3 aromatic carbocycles. The molecule has 2 saturated heterocycles. The zero-order valence-electron chi connectivity index (χ0n) is 24.5. The van der Waals surface area contributed by atoms with Gasteiger partial charge in [-0.3, -0.25) is 34.7 Å². The number of anilines is 1. The van der Waals surface area contributed by atoms with E-state index in [1.165, 1.54) is 41.3 Å². The smallest absolute Gasteiger partial charge is 0.410 e. The van der Waals surface area contributed by atoms with E-state index < -0.39 is 38.7 Å². The Morgan fingerprint density at radius 1 is 1.00 bits per heavy atom. The van der Waals surface area contributed by atoms with Crippen LogP contribution in [-0.2, 0) is 19.9 Å². The third-order valence-corrected chi connectivity index (χ3v) is 9.14. The first-order chi connectivity index (χ1) is 21.5. The van der Waals surface area contributed by atoms with Gasteiger partial charge in [-0.15, -0.1) is 0 Å². The highest BCUT2D eigenvalue weighted by Gasteiger charge is 2.75. The zero-order chi connectivity index (χ0) is 32.1. The molecule has 0 unspecified atom stereocenters. The van der Waals surface area contributed by atoms with E-state index in [1.807, 2.05) is 4.90 Å². The van der Waals surface area contributed by atoms with Gasteiger partial charge in [0.15, 0.2) is 5.78 Å². The van der Waals surface area contributed by atoms with Crippen LogP contribution in [0.25, 0.3) is 6.08 Å². The molecule has 0 bridgehead atoms. The van der Waals surface area contributed by atoms with Gasteiger partial charge in [0.25, 0.3) is 17.3 Å². The van der Waals surface area contributed by atoms with Gasteiger partial charge in [0, 0.05) is 60.1 Å². The molecule has 2 amide bonds. The van der Waals surface area contributed by atoms with E-state index in [-0.39, 0.29) is 49.0 Å². The number of carbonyl (C=O) groups is 3. The van der Waals surface area contributed by atoms with Crippen LogP contribution < -0.4 is 5.32 Å². The van der Waals surface area contributed by atoms with Crippen LogP contribution >= 0.6 is 0 Å². The van der Waals surface area contributed by atoms with E-state index >= 15 is 4.79 Å². The van der Waals surface area contributed by atoms with Crippen LogP contribution in [0.4, 0.5) is 21.9 Å². The maximum atomic E-state index is 15.2. The Bertz CT molecular complexity index is 1770. The number of para-hydroxylation sites is 1. The van der Waals surface area contributed by atoms with Crippen LogP contribution in [0.15, 0.2) is 78.4 Å². The molecule has 3 heterocycles. The topological polar surface area (TPSA) is 165 Å². The van der Waals surface area contributed by atoms with Gasteiger partial charge in [-0.2, -0.15) is 0 Å². The second-order valence-corrected chi connectivity index (χ2v) is 11.4. The normalized spacial score (nSPS) is 25.1. The van der Waals surface area contributed by atoms with E-state index in [0.717, 1.165) is 0 Å². The van der Waals surface area contributed by atoms with Crippen molar-refractivity contribution in [2.75, 3.05) is 38.6 Å². The first kappa shape index (κ1) is 29.6. The van der Waals surface area contributed by atoms with Gasteiger partial charge in [-0.1, -0.05) is 30.3 Å². The fourth-order valence-electron chi connectivity index (χ4n) is 7.33. The van der Waals surface area contributed by atoms with Gasteiger partial charge >= 0.3 is 6.09 Å². The predicted molar refractivity (Wildman–Crippen MR) is 162 cm³/mol. The molecule has 13 nitrogen and oxygen atoms in total. The molecule has 230 valence electrons. The van der Waals surface area contributed by atoms with Gasteiger partial charge in [0.2, 0.25) is 0 Å². The van der Waals surface area contributed by atoms with Crippen molar-refractivity contribution in [1.29, 1.82) is 0 Å². The van der Waals surface area contributed by atoms with Crippen LogP contribution in [0.1, 0.15) is 29.5 Å². The maximum Gasteiger partial charge on any atom is 0.410 e. The highest BCUT2D eigenvalue weighted by Crippen LogP contribution is 2.64. The number of likely N-dealkylation sites (tertiary alicyclic amines) is 2. The van der Waals surface area contributed by atoms with Crippen molar-refractivity contribution >= 4 is 40.9 Å². The fraction of sp³-hybridized carbons (Fsp3) is 0.281. The lowest BCUT2D eigenvalue weighted by Crippen LogP contribution is -2.66. The molecule has 0 radical (unpaired) electrons. The van der Waals surface area contributed by atoms with Crippen molar-refractivity contribution in [2.24, 2.45) is 5.41 Å². The molecule has 0 aliphatic carbocycles. The molecule has 0 saturated carbocycles. The molecule has 3 aliphatic heterocycles. The lowest BCUT2D eigenvalue weighted by Gasteiger charge is -2.50. The summed E-state index contributed by atoms with van der Waals surface area (Å²) in [5.74, 6) is -1.49. The molecular weight excluding hydrogens is 582 g/mol. The number of ketones is 1. The Labute approximate surface area is 257 Å². The highest BCUT2D eigenvalue weighted by molar-refractivity contribution is 6.16. The number of amides is 2. The number of piperidine rings is 1. The average molecular weight is 612 g/mol. The summed E-state index contributed by atoms with van der Waals surface area (Å²) >= 11 is 0. The number of nitrogens with zero attached hydrogens (tertiary/aromatic N) is 4. The van der Waals surface area contributed by atoms with Crippen LogP contribution in [0.3, 0.4) is 0 Å². The van der Waals surface area contributed by atoms with Crippen LogP contribution in [0.5, 0.6) is 0 Å². The molecule has 0 aromatic heterocycles. The van der Waals surface area contributed by atoms with Crippen molar-refractivity contribution in [3.8, 4) is 0 Å². The van der Waals surface area contributed by atoms with Crippen molar-refractivity contribution in [3.63, 3.8) is 0 Å². The van der Waals surface area contributed by atoms with E-state index in [4.69, 9.17) is 4.74 Å². The summed E-state index contributed by atoms with van der Waals surface area (Å²) in [5.41, 5.74) is -0.995. The number of nitro benzene ring substituents is 2. The number of nitro groups is 2. The molecule has 1 N–H and O–H groups in total. The minimum Gasteiger partial charge on any atom is -0.450 e. The van der Waals surface area contributed by atoms with Crippen LogP contribution in [0.2, 0.25) is 0 Å². The molecule has 3 aromatic rings. The second kappa shape index (κ2) is 10.9. The molecule has 3 atom stereocenters. The summed E-state index contributed by atoms with van der Waals surface area (Å²) in [5, 5.41) is 25.7. The Kier molecular flexibility index (Phi) is 7.20. The number of benzene rings is 3. The average Bonchev–Trinajstić information content (AvgIpc) is 3.47. The fourth-order valence-corrected chi connectivity index (χ4v) is 7.33. The number of rotatable bonds is 5. The van der Waals surface area contributed by atoms with Gasteiger partial charge < -0.3 is 15.0 Å². The summed E-state index contributed by atoms with van der Waals surface area (Å²) in [6.07, 6.45) is 0.912. The first-order valence-electron chi connectivity index (χ1n) is 14.3. The Hall–Kier alpha value is -5.43. The van der Waals surface area contributed by atoms with Crippen LogP contribution in [0, 0.1) is 25.6 Å². The quantitative estimate of drug-likeness (QED) is 0.249. The summed E-state index contributed by atoms with van der Waals surface area (Å²) in [7, 11) is 1.76. The minimum absolute atomic E-state index is 0.0812. The van der Waals surface area contributed by atoms with Gasteiger partial charge in [0.1, 0.15) is 5.54 Å². The maximum absolute atomic E-state index is 15.2. The van der Waals surface area contributed by atoms with Crippen LogP contribution in [-0.4, -0.2) is 70.7 Å². The standard InChI is InChI=1S/C32H29N5O8/c1-3-45-30(40)35-17-22(16-20-8-12-23(13-9-20)36(41)42)28(38)31(19-35)26(21-10-14-24(15-11-21)37(43)44)18-34(2)32(31)25-6-4-5-7-27(25)33-29(32)39/h4-16,26H,3,17-19H2,1-2H3,(H,33,39)/b22-16+/t26-,31+,32+/m0/s1. The number of Topliss-reactive ketones (excluding diaryl/α,β-unsaturated/α-hetero) is 1. The highest BCUT2D eigenvalue weighted by atomic mass is 16.6. The van der Waals surface area contributed by atoms with E-state index in [2.05, 4.69) is 5.32 Å². The number of ether oxygens (including phenoxy) is 1. The van der Waals surface area contributed by atoms with Gasteiger partial charge in [0.05, 0.1) is 28.4 Å². The number of carbonyl (C=O) groups excluding carboxylic acids is 3. The lowest BCUT2D eigenvalue weighted by molar-refractivity contribution is -0.385. The SMILES string of the molecule is CCOC(=O)N1C/C(=C\c2ccc([N+](=O)[O-])cc2)C(=O)[C@@]2(C1)[C@H](c1ccc([N+](=O)[O-])cc1)CN(C)[C@]21C(=O)Nc2ccccc21. The summed E-state index contributed by atoms with van der Waals surface area (Å²) in [6, 6.07) is 18.7. The minimum atomic E-state index is -1.60. The molecule has 13 heteroatoms. The zero-order valence-corrected chi connectivity index (χ0v) is 24.5. The predicted octanol–water partition coefficient (Wildman–Crippen LogP) is 4.49. The summed E-state index contributed by atoms with van der Waals surface area (Å²) in [6.45, 7) is 1.68. The Balaban J connectivity index is 1.61. The number of fused-ring (bicyclic) bond motifs is 3. The van der Waals surface area contributed by atoms with Crippen molar-refractivity contribution in [2.45, 2.75) is 18.4 Å².